The highest BCUT2D eigenvalue weighted by atomic mass is 32.1. The number of aromatic nitrogens is 1. The molecule has 3 atom stereocenters. The number of nitrogens with zero attached hydrogens (tertiary/aromatic N) is 1. The zero-order chi connectivity index (χ0) is 11.7. The van der Waals surface area contributed by atoms with Gasteiger partial charge in [0.1, 0.15) is 5.01 Å². The molecule has 0 saturated heterocycles. The van der Waals surface area contributed by atoms with Crippen molar-refractivity contribution >= 4 is 11.3 Å². The highest BCUT2D eigenvalue weighted by Gasteiger charge is 2.34. The number of allylic oxidation sites excluding steroid dienone is 2. The van der Waals surface area contributed by atoms with Gasteiger partial charge >= 0.3 is 0 Å². The molecule has 0 radical (unpaired) electrons. The van der Waals surface area contributed by atoms with E-state index >= 15 is 0 Å². The number of hydrogen-bond donors (Lipinski definition) is 1. The first-order valence-corrected chi connectivity index (χ1v) is 7.49. The van der Waals surface area contributed by atoms with E-state index in [0.29, 0.717) is 0 Å². The fourth-order valence-electron chi connectivity index (χ4n) is 3.09. The van der Waals surface area contributed by atoms with E-state index in [4.69, 9.17) is 0 Å². The van der Waals surface area contributed by atoms with Crippen LogP contribution in [0.25, 0.3) is 0 Å². The summed E-state index contributed by atoms with van der Waals surface area (Å²) in [5, 5.41) is 4.82. The Morgan fingerprint density at radius 3 is 3.00 bits per heavy atom. The van der Waals surface area contributed by atoms with Crippen LogP contribution in [0, 0.1) is 17.8 Å². The van der Waals surface area contributed by atoms with Crippen LogP contribution in [0.3, 0.4) is 0 Å². The van der Waals surface area contributed by atoms with E-state index in [2.05, 4.69) is 29.4 Å². The Morgan fingerprint density at radius 2 is 2.35 bits per heavy atom. The summed E-state index contributed by atoms with van der Waals surface area (Å²) < 4.78 is 0. The number of hydrogen-bond acceptors (Lipinski definition) is 3. The van der Waals surface area contributed by atoms with Crippen molar-refractivity contribution in [2.45, 2.75) is 32.7 Å². The average Bonchev–Trinajstić information content (AvgIpc) is 3.04. The highest BCUT2D eigenvalue weighted by molar-refractivity contribution is 7.11. The van der Waals surface area contributed by atoms with Gasteiger partial charge in [-0.15, -0.1) is 11.3 Å². The fraction of sp³-hybridized carbons (Fsp3) is 0.643. The lowest BCUT2D eigenvalue weighted by Crippen LogP contribution is -2.24. The molecule has 1 heterocycles. The van der Waals surface area contributed by atoms with Gasteiger partial charge in [-0.05, 0) is 43.6 Å². The molecule has 1 saturated carbocycles. The average molecular weight is 248 g/mol. The monoisotopic (exact) mass is 248 g/mol. The first-order chi connectivity index (χ1) is 8.35. The second kappa shape index (κ2) is 4.91. The molecule has 0 amide bonds. The third-order valence-corrected chi connectivity index (χ3v) is 5.19. The maximum absolute atomic E-state index is 4.44. The Bertz CT molecular complexity index is 410. The number of thiazole rings is 1. The normalized spacial score (nSPS) is 30.3. The predicted molar refractivity (Wildman–Crippen MR) is 72.0 cm³/mol. The minimum absolute atomic E-state index is 0.856. The van der Waals surface area contributed by atoms with Crippen LogP contribution in [0.5, 0.6) is 0 Å². The molecule has 2 nitrogen and oxygen atoms in total. The van der Waals surface area contributed by atoms with Crippen molar-refractivity contribution in [3.8, 4) is 0 Å². The minimum atomic E-state index is 0.856. The maximum atomic E-state index is 4.44. The highest BCUT2D eigenvalue weighted by Crippen LogP contribution is 2.42. The molecule has 0 spiro atoms. The van der Waals surface area contributed by atoms with Gasteiger partial charge in [0.05, 0.1) is 0 Å². The number of rotatable bonds is 5. The second-order valence-electron chi connectivity index (χ2n) is 5.25. The molecule has 0 aliphatic heterocycles. The smallest absolute Gasteiger partial charge is 0.107 e. The Balaban J connectivity index is 1.45. The quantitative estimate of drug-likeness (QED) is 0.810. The van der Waals surface area contributed by atoms with Gasteiger partial charge in [-0.3, -0.25) is 0 Å². The van der Waals surface area contributed by atoms with Crippen molar-refractivity contribution in [3.63, 3.8) is 0 Å². The molecule has 1 aromatic rings. The van der Waals surface area contributed by atoms with Gasteiger partial charge in [0.25, 0.3) is 0 Å². The van der Waals surface area contributed by atoms with E-state index in [0.717, 1.165) is 37.3 Å². The van der Waals surface area contributed by atoms with E-state index in [-0.39, 0.29) is 0 Å². The standard InChI is InChI=1S/C14H20N2S/c1-2-13-8-16-14(17-13)9-15-7-12-6-10-3-4-11(12)5-10/h3-4,8,10-12,15H,2,5-7,9H2,1H3. The summed E-state index contributed by atoms with van der Waals surface area (Å²) in [6, 6.07) is 0. The zero-order valence-corrected chi connectivity index (χ0v) is 11.2. The molecule has 2 aliphatic carbocycles. The van der Waals surface area contributed by atoms with Crippen molar-refractivity contribution in [1.29, 1.82) is 0 Å². The summed E-state index contributed by atoms with van der Waals surface area (Å²) in [7, 11) is 0. The fourth-order valence-corrected chi connectivity index (χ4v) is 3.92. The summed E-state index contributed by atoms with van der Waals surface area (Å²) in [6.45, 7) is 4.29. The minimum Gasteiger partial charge on any atom is -0.310 e. The second-order valence-corrected chi connectivity index (χ2v) is 6.44. The lowest BCUT2D eigenvalue weighted by molar-refractivity contribution is 0.414. The SMILES string of the molecule is CCc1cnc(CNCC2CC3C=CC2C3)s1. The van der Waals surface area contributed by atoms with Gasteiger partial charge in [0.2, 0.25) is 0 Å². The van der Waals surface area contributed by atoms with Crippen LogP contribution in [0.2, 0.25) is 0 Å². The molecule has 3 rings (SSSR count). The van der Waals surface area contributed by atoms with Crippen molar-refractivity contribution in [2.75, 3.05) is 6.54 Å². The Morgan fingerprint density at radius 1 is 1.41 bits per heavy atom. The number of fused-ring (bicyclic) bond motifs is 2. The molecular weight excluding hydrogens is 228 g/mol. The van der Waals surface area contributed by atoms with Crippen LogP contribution >= 0.6 is 11.3 Å². The molecule has 3 unspecified atom stereocenters. The largest absolute Gasteiger partial charge is 0.310 e. The Labute approximate surface area is 107 Å². The van der Waals surface area contributed by atoms with E-state index < -0.39 is 0 Å². The van der Waals surface area contributed by atoms with Gasteiger partial charge < -0.3 is 5.32 Å². The molecular formula is C14H20N2S. The van der Waals surface area contributed by atoms with E-state index in [9.17, 15) is 0 Å². The third kappa shape index (κ3) is 2.45. The first kappa shape index (κ1) is 11.4. The van der Waals surface area contributed by atoms with Crippen molar-refractivity contribution in [2.24, 2.45) is 17.8 Å². The topological polar surface area (TPSA) is 24.9 Å². The zero-order valence-electron chi connectivity index (χ0n) is 10.4. The number of nitrogens with one attached hydrogen (secondary N) is 1. The van der Waals surface area contributed by atoms with E-state index in [1.54, 1.807) is 0 Å². The van der Waals surface area contributed by atoms with Crippen LogP contribution in [-0.4, -0.2) is 11.5 Å². The summed E-state index contributed by atoms with van der Waals surface area (Å²) in [4.78, 5) is 5.83. The van der Waals surface area contributed by atoms with Gasteiger partial charge in [0, 0.05) is 17.6 Å². The Hall–Kier alpha value is -0.670. The van der Waals surface area contributed by atoms with Crippen LogP contribution in [0.4, 0.5) is 0 Å². The summed E-state index contributed by atoms with van der Waals surface area (Å²) in [6.07, 6.45) is 10.8. The molecule has 17 heavy (non-hydrogen) atoms. The molecule has 1 aromatic heterocycles. The predicted octanol–water partition coefficient (Wildman–Crippen LogP) is 3.01. The van der Waals surface area contributed by atoms with Gasteiger partial charge in [-0.25, -0.2) is 4.98 Å². The summed E-state index contributed by atoms with van der Waals surface area (Å²) >= 11 is 1.84. The third-order valence-electron chi connectivity index (χ3n) is 4.05. The molecule has 92 valence electrons. The summed E-state index contributed by atoms with van der Waals surface area (Å²) in [5.41, 5.74) is 0. The van der Waals surface area contributed by atoms with Crippen LogP contribution in [0.15, 0.2) is 18.3 Å². The lowest BCUT2D eigenvalue weighted by Gasteiger charge is -2.17. The molecule has 0 aromatic carbocycles. The van der Waals surface area contributed by atoms with Crippen molar-refractivity contribution in [3.05, 3.63) is 28.2 Å². The van der Waals surface area contributed by atoms with Gasteiger partial charge in [-0.2, -0.15) is 0 Å². The molecule has 1 fully saturated rings. The molecule has 3 heteroatoms. The van der Waals surface area contributed by atoms with Gasteiger partial charge in [-0.1, -0.05) is 19.1 Å². The van der Waals surface area contributed by atoms with E-state index in [1.165, 1.54) is 22.7 Å². The molecule has 2 bridgehead atoms. The molecule has 1 N–H and O–H groups in total. The van der Waals surface area contributed by atoms with Gasteiger partial charge in [0.15, 0.2) is 0 Å². The van der Waals surface area contributed by atoms with Crippen LogP contribution in [-0.2, 0) is 13.0 Å². The van der Waals surface area contributed by atoms with Crippen LogP contribution in [0.1, 0.15) is 29.7 Å². The Kier molecular flexibility index (Phi) is 3.30. The lowest BCUT2D eigenvalue weighted by atomic mass is 9.94. The summed E-state index contributed by atoms with van der Waals surface area (Å²) in [5.74, 6) is 2.61. The van der Waals surface area contributed by atoms with Crippen molar-refractivity contribution in [1.82, 2.24) is 10.3 Å². The van der Waals surface area contributed by atoms with Crippen molar-refractivity contribution < 1.29 is 0 Å². The molecule has 2 aliphatic rings. The van der Waals surface area contributed by atoms with Crippen LogP contribution < -0.4 is 5.32 Å². The maximum Gasteiger partial charge on any atom is 0.107 e. The van der Waals surface area contributed by atoms with E-state index in [1.807, 2.05) is 17.5 Å². The number of aryl methyl sites for hydroxylation is 1. The first-order valence-electron chi connectivity index (χ1n) is 6.67.